The molecule has 0 radical (unpaired) electrons. The normalized spacial score (nSPS) is 12.1. The smallest absolute Gasteiger partial charge is 0.325 e. The molecular weight excluding hydrogens is 373 g/mol. The van der Waals surface area contributed by atoms with Crippen molar-refractivity contribution in [2.75, 3.05) is 0 Å². The number of rotatable bonds is 5. The van der Waals surface area contributed by atoms with Gasteiger partial charge in [-0.2, -0.15) is 13.2 Å². The standard InChI is InChI=1S/C19H21F3N4O2/c1-4-10-25-16-15(24(3)14(5-2)23-16)17(27)26(18(25)28)11-12-6-8-13(9-7-12)19(20,21)22/h6-9H,4-5,10-11H2,1-3H3. The lowest BCUT2D eigenvalue weighted by atomic mass is 10.1. The minimum Gasteiger partial charge on any atom is -0.325 e. The zero-order valence-corrected chi connectivity index (χ0v) is 15.9. The fourth-order valence-electron chi connectivity index (χ4n) is 3.27. The number of halogens is 3. The zero-order valence-electron chi connectivity index (χ0n) is 15.9. The summed E-state index contributed by atoms with van der Waals surface area (Å²) in [6.07, 6.45) is -3.16. The number of alkyl halides is 3. The fraction of sp³-hybridized carbons (Fsp3) is 0.421. The van der Waals surface area contributed by atoms with Gasteiger partial charge in [-0.1, -0.05) is 26.0 Å². The molecule has 0 saturated carbocycles. The Labute approximate surface area is 158 Å². The zero-order chi connectivity index (χ0) is 20.6. The van der Waals surface area contributed by atoms with Crippen LogP contribution < -0.4 is 11.2 Å². The number of hydrogen-bond acceptors (Lipinski definition) is 3. The van der Waals surface area contributed by atoms with Crippen LogP contribution in [0.25, 0.3) is 11.2 Å². The van der Waals surface area contributed by atoms with Crippen molar-refractivity contribution < 1.29 is 13.2 Å². The van der Waals surface area contributed by atoms with E-state index in [1.807, 2.05) is 13.8 Å². The SMILES string of the molecule is CCCn1c(=O)n(Cc2ccc(C(F)(F)F)cc2)c(=O)c2c1nc(CC)n2C. The van der Waals surface area contributed by atoms with Crippen molar-refractivity contribution in [2.45, 2.75) is 46.0 Å². The number of aryl methyl sites for hydroxylation is 3. The van der Waals surface area contributed by atoms with Gasteiger partial charge in [-0.15, -0.1) is 0 Å². The Bertz CT molecular complexity index is 1120. The van der Waals surface area contributed by atoms with E-state index >= 15 is 0 Å². The van der Waals surface area contributed by atoms with Crippen LogP contribution in [-0.2, 0) is 32.7 Å². The first-order valence-corrected chi connectivity index (χ1v) is 9.04. The van der Waals surface area contributed by atoms with Crippen molar-refractivity contribution in [1.82, 2.24) is 18.7 Å². The largest absolute Gasteiger partial charge is 0.416 e. The molecule has 0 fully saturated rings. The fourth-order valence-corrected chi connectivity index (χ4v) is 3.27. The van der Waals surface area contributed by atoms with Gasteiger partial charge in [-0.3, -0.25) is 13.9 Å². The molecule has 0 aliphatic carbocycles. The second-order valence-electron chi connectivity index (χ2n) is 6.63. The Morgan fingerprint density at radius 1 is 1.04 bits per heavy atom. The summed E-state index contributed by atoms with van der Waals surface area (Å²) in [4.78, 5) is 30.4. The number of fused-ring (bicyclic) bond motifs is 1. The molecule has 1 aromatic carbocycles. The molecule has 28 heavy (non-hydrogen) atoms. The van der Waals surface area contributed by atoms with E-state index in [0.29, 0.717) is 41.9 Å². The maximum absolute atomic E-state index is 13.0. The van der Waals surface area contributed by atoms with E-state index in [0.717, 1.165) is 16.7 Å². The molecule has 0 amide bonds. The van der Waals surface area contributed by atoms with Crippen molar-refractivity contribution >= 4 is 11.2 Å². The van der Waals surface area contributed by atoms with Crippen LogP contribution in [0.5, 0.6) is 0 Å². The number of benzene rings is 1. The predicted octanol–water partition coefficient (Wildman–Crippen LogP) is 2.94. The molecule has 0 saturated heterocycles. The van der Waals surface area contributed by atoms with Gasteiger partial charge in [0.05, 0.1) is 12.1 Å². The van der Waals surface area contributed by atoms with Gasteiger partial charge in [0.25, 0.3) is 5.56 Å². The summed E-state index contributed by atoms with van der Waals surface area (Å²) in [5, 5.41) is 0. The third-order valence-corrected chi connectivity index (χ3v) is 4.72. The first-order valence-electron chi connectivity index (χ1n) is 9.04. The van der Waals surface area contributed by atoms with E-state index in [2.05, 4.69) is 4.98 Å². The van der Waals surface area contributed by atoms with Crippen LogP contribution in [0.3, 0.4) is 0 Å². The lowest BCUT2D eigenvalue weighted by Crippen LogP contribution is -2.40. The lowest BCUT2D eigenvalue weighted by Gasteiger charge is -2.12. The topological polar surface area (TPSA) is 61.8 Å². The molecule has 150 valence electrons. The van der Waals surface area contributed by atoms with E-state index < -0.39 is 23.0 Å². The van der Waals surface area contributed by atoms with Crippen LogP contribution in [0.15, 0.2) is 33.9 Å². The molecule has 3 rings (SSSR count). The number of aromatic nitrogens is 4. The highest BCUT2D eigenvalue weighted by molar-refractivity contribution is 5.71. The summed E-state index contributed by atoms with van der Waals surface area (Å²) < 4.78 is 42.4. The first kappa shape index (κ1) is 19.9. The monoisotopic (exact) mass is 394 g/mol. The van der Waals surface area contributed by atoms with E-state index in [-0.39, 0.29) is 6.54 Å². The molecule has 3 aromatic rings. The second-order valence-corrected chi connectivity index (χ2v) is 6.63. The van der Waals surface area contributed by atoms with Gasteiger partial charge in [-0.25, -0.2) is 9.78 Å². The van der Waals surface area contributed by atoms with Crippen LogP contribution in [0, 0.1) is 0 Å². The number of hydrogen-bond donors (Lipinski definition) is 0. The summed E-state index contributed by atoms with van der Waals surface area (Å²) in [5.74, 6) is 0.684. The van der Waals surface area contributed by atoms with Crippen molar-refractivity contribution in [3.8, 4) is 0 Å². The minimum atomic E-state index is -4.44. The molecular formula is C19H21F3N4O2. The van der Waals surface area contributed by atoms with Crippen LogP contribution >= 0.6 is 0 Å². The van der Waals surface area contributed by atoms with Gasteiger partial charge in [0.15, 0.2) is 11.2 Å². The van der Waals surface area contributed by atoms with Crippen molar-refractivity contribution in [2.24, 2.45) is 7.05 Å². The third kappa shape index (κ3) is 3.36. The highest BCUT2D eigenvalue weighted by atomic mass is 19.4. The van der Waals surface area contributed by atoms with Crippen molar-refractivity contribution in [3.63, 3.8) is 0 Å². The number of imidazole rings is 1. The maximum Gasteiger partial charge on any atom is 0.416 e. The van der Waals surface area contributed by atoms with Crippen LogP contribution in [0.2, 0.25) is 0 Å². The highest BCUT2D eigenvalue weighted by Crippen LogP contribution is 2.29. The average Bonchev–Trinajstić information content (AvgIpc) is 2.98. The summed E-state index contributed by atoms with van der Waals surface area (Å²) in [7, 11) is 1.72. The molecule has 0 aliphatic heterocycles. The molecule has 6 nitrogen and oxygen atoms in total. The quantitative estimate of drug-likeness (QED) is 0.669. The van der Waals surface area contributed by atoms with Crippen molar-refractivity contribution in [1.29, 1.82) is 0 Å². The summed E-state index contributed by atoms with van der Waals surface area (Å²) in [6, 6.07) is 4.46. The summed E-state index contributed by atoms with van der Waals surface area (Å²) in [5.41, 5.74) is -0.687. The van der Waals surface area contributed by atoms with Crippen LogP contribution in [-0.4, -0.2) is 18.7 Å². The van der Waals surface area contributed by atoms with Gasteiger partial charge >= 0.3 is 11.9 Å². The Morgan fingerprint density at radius 2 is 1.68 bits per heavy atom. The van der Waals surface area contributed by atoms with Crippen LogP contribution in [0.4, 0.5) is 13.2 Å². The molecule has 0 spiro atoms. The Kier molecular flexibility index (Phi) is 5.18. The Balaban J connectivity index is 2.17. The molecule has 2 heterocycles. The molecule has 2 aromatic heterocycles. The molecule has 9 heteroatoms. The van der Waals surface area contributed by atoms with E-state index in [9.17, 15) is 22.8 Å². The summed E-state index contributed by atoms with van der Waals surface area (Å²) >= 11 is 0. The van der Waals surface area contributed by atoms with Crippen LogP contribution in [0.1, 0.15) is 37.2 Å². The molecule has 0 bridgehead atoms. The predicted molar refractivity (Wildman–Crippen MR) is 99.4 cm³/mol. The maximum atomic E-state index is 13.0. The highest BCUT2D eigenvalue weighted by Gasteiger charge is 2.30. The van der Waals surface area contributed by atoms with Gasteiger partial charge in [0, 0.05) is 20.0 Å². The van der Waals surface area contributed by atoms with Gasteiger partial charge in [0.2, 0.25) is 0 Å². The third-order valence-electron chi connectivity index (χ3n) is 4.72. The van der Waals surface area contributed by atoms with Gasteiger partial charge < -0.3 is 4.57 Å². The summed E-state index contributed by atoms with van der Waals surface area (Å²) in [6.45, 7) is 4.10. The minimum absolute atomic E-state index is 0.109. The second kappa shape index (κ2) is 7.29. The number of nitrogens with zero attached hydrogens (tertiary/aromatic N) is 4. The average molecular weight is 394 g/mol. The van der Waals surface area contributed by atoms with Gasteiger partial charge in [0.1, 0.15) is 5.82 Å². The molecule has 0 unspecified atom stereocenters. The van der Waals surface area contributed by atoms with E-state index in [1.54, 1.807) is 11.6 Å². The Hall–Kier alpha value is -2.84. The molecule has 0 aliphatic rings. The Morgan fingerprint density at radius 3 is 2.21 bits per heavy atom. The van der Waals surface area contributed by atoms with E-state index in [1.165, 1.54) is 16.7 Å². The first-order chi connectivity index (χ1) is 13.2. The molecule has 0 N–H and O–H groups in total. The van der Waals surface area contributed by atoms with E-state index in [4.69, 9.17) is 0 Å². The molecule has 0 atom stereocenters. The van der Waals surface area contributed by atoms with Crippen molar-refractivity contribution in [3.05, 3.63) is 62.1 Å². The lowest BCUT2D eigenvalue weighted by molar-refractivity contribution is -0.137. The van der Waals surface area contributed by atoms with Gasteiger partial charge in [-0.05, 0) is 24.1 Å².